The number of nitrogens with one attached hydrogen (secondary N) is 1. The van der Waals surface area contributed by atoms with Crippen LogP contribution >= 0.6 is 22.9 Å². The topological polar surface area (TPSA) is 82.2 Å². The highest BCUT2D eigenvalue weighted by atomic mass is 35.5. The molecule has 0 radical (unpaired) electrons. The molecule has 0 saturated carbocycles. The van der Waals surface area contributed by atoms with Crippen molar-refractivity contribution in [1.29, 1.82) is 0 Å². The zero-order chi connectivity index (χ0) is 29.1. The Morgan fingerprint density at radius 2 is 2.07 bits per heavy atom. The van der Waals surface area contributed by atoms with E-state index in [1.807, 2.05) is 50.4 Å². The van der Waals surface area contributed by atoms with E-state index >= 15 is 0 Å². The van der Waals surface area contributed by atoms with Crippen molar-refractivity contribution in [2.75, 3.05) is 38.8 Å². The maximum absolute atomic E-state index is 12.8. The summed E-state index contributed by atoms with van der Waals surface area (Å²) in [5.41, 5.74) is 4.63. The number of fused-ring (bicyclic) bond motifs is 1. The average Bonchev–Trinajstić information content (AvgIpc) is 3.45. The molecule has 2 atom stereocenters. The van der Waals surface area contributed by atoms with Crippen molar-refractivity contribution >= 4 is 34.0 Å². The largest absolute Gasteiger partial charge is 0.496 e. The third-order valence-corrected chi connectivity index (χ3v) is 8.61. The first-order valence-corrected chi connectivity index (χ1v) is 15.2. The van der Waals surface area contributed by atoms with Gasteiger partial charge in [0.25, 0.3) is 0 Å². The zero-order valence-electron chi connectivity index (χ0n) is 24.3. The van der Waals surface area contributed by atoms with E-state index in [1.165, 1.54) is 11.1 Å². The van der Waals surface area contributed by atoms with Crippen molar-refractivity contribution in [2.24, 2.45) is 5.92 Å². The molecule has 41 heavy (non-hydrogen) atoms. The molecule has 0 aliphatic carbocycles. The Morgan fingerprint density at radius 3 is 2.83 bits per heavy atom. The number of carbonyl (C=O) groups excluding carboxylic acids is 1. The molecule has 0 unspecified atom stereocenters. The predicted octanol–water partition coefficient (Wildman–Crippen LogP) is 5.88. The first-order chi connectivity index (χ1) is 19.7. The van der Waals surface area contributed by atoms with E-state index in [0.717, 1.165) is 47.2 Å². The lowest BCUT2D eigenvalue weighted by atomic mass is 9.93. The highest BCUT2D eigenvalue weighted by Gasteiger charge is 2.38. The molecule has 1 N–H and O–H groups in total. The molecule has 2 aliphatic rings. The van der Waals surface area contributed by atoms with Crippen molar-refractivity contribution in [1.82, 2.24) is 10.3 Å². The molecular weight excluding hydrogens is 562 g/mol. The van der Waals surface area contributed by atoms with E-state index in [-0.39, 0.29) is 18.0 Å². The highest BCUT2D eigenvalue weighted by molar-refractivity contribution is 7.14. The van der Waals surface area contributed by atoms with Crippen LogP contribution in [0.5, 0.6) is 11.5 Å². The fourth-order valence-electron chi connectivity index (χ4n) is 5.41. The van der Waals surface area contributed by atoms with Gasteiger partial charge < -0.3 is 29.2 Å². The van der Waals surface area contributed by atoms with E-state index in [4.69, 9.17) is 35.5 Å². The van der Waals surface area contributed by atoms with Gasteiger partial charge in [0.05, 0.1) is 29.8 Å². The molecule has 0 bridgehead atoms. The van der Waals surface area contributed by atoms with Crippen LogP contribution in [-0.4, -0.2) is 56.5 Å². The van der Waals surface area contributed by atoms with Gasteiger partial charge in [-0.3, -0.25) is 4.79 Å². The van der Waals surface area contributed by atoms with Gasteiger partial charge in [0.1, 0.15) is 23.7 Å². The first-order valence-electron chi connectivity index (χ1n) is 13.9. The monoisotopic (exact) mass is 599 g/mol. The summed E-state index contributed by atoms with van der Waals surface area (Å²) in [6.45, 7) is 9.01. The van der Waals surface area contributed by atoms with Crippen molar-refractivity contribution in [2.45, 2.75) is 58.5 Å². The lowest BCUT2D eigenvalue weighted by molar-refractivity contribution is -0.165. The number of methoxy groups -OCH3 is 2. The van der Waals surface area contributed by atoms with Gasteiger partial charge in [0, 0.05) is 43.3 Å². The second kappa shape index (κ2) is 12.6. The molecule has 1 fully saturated rings. The van der Waals surface area contributed by atoms with Gasteiger partial charge in [0.15, 0.2) is 5.13 Å². The number of para-hydroxylation sites is 1. The molecule has 10 heteroatoms. The van der Waals surface area contributed by atoms with Crippen LogP contribution in [0.1, 0.15) is 43.9 Å². The van der Waals surface area contributed by atoms with Gasteiger partial charge in [-0.1, -0.05) is 23.7 Å². The van der Waals surface area contributed by atoms with Crippen LogP contribution in [0.2, 0.25) is 5.02 Å². The predicted molar refractivity (Wildman–Crippen MR) is 162 cm³/mol. The summed E-state index contributed by atoms with van der Waals surface area (Å²) in [7, 11) is 3.35. The number of aromatic nitrogens is 1. The number of benzene rings is 2. The fourth-order valence-corrected chi connectivity index (χ4v) is 6.51. The van der Waals surface area contributed by atoms with Crippen LogP contribution in [0.4, 0.5) is 5.13 Å². The first kappa shape index (κ1) is 29.6. The molecule has 220 valence electrons. The second-order valence-electron chi connectivity index (χ2n) is 11.4. The molecule has 2 aliphatic heterocycles. The SMILES string of the molecule is COc1cc(COc2c(Cl)cccc2-c2csc(N3CC[C@@H](C(=O)OC(C)(C)C)[C@@H](OC)C3)n2)cc2c1CNCC2. The minimum Gasteiger partial charge on any atom is -0.496 e. The standard InChI is InChI=1S/C31H38ClN3O5S/c1-31(2,3)40-29(36)22-10-12-35(16-27(22)38-5)30-34-25(18-41-30)21-7-6-8-24(32)28(21)39-17-19-13-20-9-11-33-15-23(20)26(14-19)37-4/h6-8,13-14,18,22,27,33H,9-12,15-17H2,1-5H3/t22-,27+/m1/s1. The molecule has 1 aromatic heterocycles. The second-order valence-corrected chi connectivity index (χ2v) is 12.7. The molecule has 3 heterocycles. The van der Waals surface area contributed by atoms with Crippen LogP contribution in [0.25, 0.3) is 11.3 Å². The lowest BCUT2D eigenvalue weighted by Gasteiger charge is -2.37. The summed E-state index contributed by atoms with van der Waals surface area (Å²) >= 11 is 8.21. The van der Waals surface area contributed by atoms with Gasteiger partial charge in [-0.25, -0.2) is 4.98 Å². The average molecular weight is 600 g/mol. The van der Waals surface area contributed by atoms with Gasteiger partial charge in [0.2, 0.25) is 0 Å². The third-order valence-electron chi connectivity index (χ3n) is 7.41. The van der Waals surface area contributed by atoms with Crippen LogP contribution in [-0.2, 0) is 33.8 Å². The van der Waals surface area contributed by atoms with Crippen molar-refractivity contribution in [3.05, 3.63) is 57.4 Å². The molecular formula is C31H38ClN3O5S. The maximum Gasteiger partial charge on any atom is 0.312 e. The van der Waals surface area contributed by atoms with Gasteiger partial charge in [-0.2, -0.15) is 0 Å². The molecule has 2 aromatic carbocycles. The van der Waals surface area contributed by atoms with E-state index in [0.29, 0.717) is 36.9 Å². The summed E-state index contributed by atoms with van der Waals surface area (Å²) < 4.78 is 23.4. The number of hydrogen-bond acceptors (Lipinski definition) is 9. The Bertz CT molecular complexity index is 1370. The fraction of sp³-hybridized carbons (Fsp3) is 0.484. The van der Waals surface area contributed by atoms with Crippen LogP contribution in [0.15, 0.2) is 35.7 Å². The summed E-state index contributed by atoms with van der Waals surface area (Å²) in [6.07, 6.45) is 1.31. The number of halogens is 1. The Morgan fingerprint density at radius 1 is 1.24 bits per heavy atom. The zero-order valence-corrected chi connectivity index (χ0v) is 25.9. The molecule has 0 spiro atoms. The minimum absolute atomic E-state index is 0.210. The van der Waals surface area contributed by atoms with E-state index in [1.54, 1.807) is 25.6 Å². The maximum atomic E-state index is 12.8. The summed E-state index contributed by atoms with van der Waals surface area (Å²) in [4.78, 5) is 19.9. The molecule has 0 amide bonds. The molecule has 8 nitrogen and oxygen atoms in total. The Kier molecular flexibility index (Phi) is 9.09. The molecule has 1 saturated heterocycles. The number of hydrogen-bond donors (Lipinski definition) is 1. The van der Waals surface area contributed by atoms with E-state index in [2.05, 4.69) is 16.3 Å². The van der Waals surface area contributed by atoms with Crippen molar-refractivity contribution < 1.29 is 23.7 Å². The minimum atomic E-state index is -0.531. The van der Waals surface area contributed by atoms with E-state index < -0.39 is 5.60 Å². The summed E-state index contributed by atoms with van der Waals surface area (Å²) in [6, 6.07) is 9.95. The number of piperidine rings is 1. The summed E-state index contributed by atoms with van der Waals surface area (Å²) in [5, 5.41) is 6.82. The number of nitrogens with zero attached hydrogens (tertiary/aromatic N) is 2. The van der Waals surface area contributed by atoms with Crippen molar-refractivity contribution in [3.8, 4) is 22.8 Å². The lowest BCUT2D eigenvalue weighted by Crippen LogP contribution is -2.49. The number of carbonyl (C=O) groups is 1. The van der Waals surface area contributed by atoms with Gasteiger partial charge in [-0.15, -0.1) is 11.3 Å². The number of anilines is 1. The Hall–Kier alpha value is -2.85. The van der Waals surface area contributed by atoms with Crippen molar-refractivity contribution in [3.63, 3.8) is 0 Å². The van der Waals surface area contributed by atoms with Crippen LogP contribution in [0.3, 0.4) is 0 Å². The quantitative estimate of drug-likeness (QED) is 0.322. The number of rotatable bonds is 8. The Labute approximate surface area is 250 Å². The summed E-state index contributed by atoms with van der Waals surface area (Å²) in [5.74, 6) is 0.962. The normalized spacial score (nSPS) is 19.0. The number of ether oxygens (including phenoxy) is 4. The van der Waals surface area contributed by atoms with Gasteiger partial charge in [-0.05, 0) is 69.5 Å². The molecule has 5 rings (SSSR count). The van der Waals surface area contributed by atoms with Crippen LogP contribution in [0, 0.1) is 5.92 Å². The highest BCUT2D eigenvalue weighted by Crippen LogP contribution is 2.39. The third kappa shape index (κ3) is 6.80. The Balaban J connectivity index is 1.32. The molecule has 3 aromatic rings. The van der Waals surface area contributed by atoms with Gasteiger partial charge >= 0.3 is 5.97 Å². The van der Waals surface area contributed by atoms with E-state index in [9.17, 15) is 4.79 Å². The number of thiazole rings is 1. The smallest absolute Gasteiger partial charge is 0.312 e. The van der Waals surface area contributed by atoms with Crippen LogP contribution < -0.4 is 19.7 Å². The number of esters is 1.